The summed E-state index contributed by atoms with van der Waals surface area (Å²) >= 11 is 0. The summed E-state index contributed by atoms with van der Waals surface area (Å²) in [6.45, 7) is 3.72. The van der Waals surface area contributed by atoms with Crippen molar-refractivity contribution in [2.24, 2.45) is 23.2 Å². The van der Waals surface area contributed by atoms with Crippen LogP contribution in [-0.4, -0.2) is 22.5 Å². The van der Waals surface area contributed by atoms with Gasteiger partial charge in [0.2, 0.25) is 6.04 Å². The van der Waals surface area contributed by atoms with E-state index in [1.165, 1.54) is 0 Å². The molecule has 23 heavy (non-hydrogen) atoms. The largest absolute Gasteiger partial charge is 0.293 e. The molecule has 0 aromatic heterocycles. The molecule has 0 aliphatic heterocycles. The quantitative estimate of drug-likeness (QED) is 0.372. The molecule has 118 valence electrons. The zero-order valence-electron chi connectivity index (χ0n) is 12.6. The Hall–Kier alpha value is -2.30. The molecule has 4 rings (SSSR count). The summed E-state index contributed by atoms with van der Waals surface area (Å²) in [5.74, 6) is -1.28. The van der Waals surface area contributed by atoms with Crippen LogP contribution in [0.3, 0.4) is 0 Å². The zero-order chi connectivity index (χ0) is 16.4. The summed E-state index contributed by atoms with van der Waals surface area (Å²) in [6.07, 6.45) is 3.49. The third kappa shape index (κ3) is 1.68. The molecule has 0 amide bonds. The summed E-state index contributed by atoms with van der Waals surface area (Å²) in [5, 5.41) is 11.7. The van der Waals surface area contributed by atoms with Gasteiger partial charge in [-0.1, -0.05) is 30.3 Å². The first-order chi connectivity index (χ1) is 11.0. The van der Waals surface area contributed by atoms with E-state index in [4.69, 9.17) is 0 Å². The zero-order valence-corrected chi connectivity index (χ0v) is 12.6. The highest BCUT2D eigenvalue weighted by molar-refractivity contribution is 6.30. The number of rotatable bonds is 3. The number of benzene rings is 1. The Labute approximate surface area is 133 Å². The van der Waals surface area contributed by atoms with Crippen LogP contribution in [0.5, 0.6) is 0 Å². The number of hydrogen-bond donors (Lipinski definition) is 0. The lowest BCUT2D eigenvalue weighted by molar-refractivity contribution is -0.536. The van der Waals surface area contributed by atoms with E-state index in [0.717, 1.165) is 12.8 Å². The molecule has 0 bridgehead atoms. The van der Waals surface area contributed by atoms with Crippen LogP contribution in [0.2, 0.25) is 0 Å². The monoisotopic (exact) mass is 311 g/mol. The molecule has 0 N–H and O–H groups in total. The Bertz CT molecular complexity index is 714. The Morgan fingerprint density at radius 1 is 1.17 bits per heavy atom. The number of Topliss-reactive ketones (excluding diaryl/α,β-unsaturated/α-hetero) is 2. The van der Waals surface area contributed by atoms with E-state index in [1.807, 2.05) is 0 Å². The average Bonchev–Trinajstić information content (AvgIpc) is 3.29. The Morgan fingerprint density at radius 2 is 1.74 bits per heavy atom. The SMILES string of the molecule is C=C[C@@H]1CC2(C(=O)c3ccccc3C2=O)[C@@H](C2CC2)[C@@H]1[N+](=O)[O-]. The molecule has 1 aromatic carbocycles. The van der Waals surface area contributed by atoms with E-state index >= 15 is 0 Å². The normalized spacial score (nSPS) is 31.4. The van der Waals surface area contributed by atoms with Crippen LogP contribution in [0.1, 0.15) is 40.0 Å². The van der Waals surface area contributed by atoms with E-state index in [-0.39, 0.29) is 28.8 Å². The fourth-order valence-electron chi connectivity index (χ4n) is 4.78. The van der Waals surface area contributed by atoms with Gasteiger partial charge in [0.25, 0.3) is 0 Å². The van der Waals surface area contributed by atoms with Crippen molar-refractivity contribution in [1.82, 2.24) is 0 Å². The molecule has 0 saturated heterocycles. The molecule has 3 atom stereocenters. The number of nitro groups is 1. The summed E-state index contributed by atoms with van der Waals surface area (Å²) in [4.78, 5) is 37.6. The van der Waals surface area contributed by atoms with Crippen LogP contribution in [0.15, 0.2) is 36.9 Å². The molecule has 0 radical (unpaired) electrons. The van der Waals surface area contributed by atoms with Gasteiger partial charge in [-0.3, -0.25) is 19.7 Å². The Morgan fingerprint density at radius 3 is 2.17 bits per heavy atom. The first kappa shape index (κ1) is 14.3. The Balaban J connectivity index is 1.90. The molecule has 0 unspecified atom stereocenters. The fraction of sp³-hybridized carbons (Fsp3) is 0.444. The summed E-state index contributed by atoms with van der Waals surface area (Å²) in [7, 11) is 0. The van der Waals surface area contributed by atoms with Gasteiger partial charge in [-0.25, -0.2) is 0 Å². The lowest BCUT2D eigenvalue weighted by atomic mass is 9.70. The predicted molar refractivity (Wildman–Crippen MR) is 82.8 cm³/mol. The van der Waals surface area contributed by atoms with Gasteiger partial charge in [-0.15, -0.1) is 6.58 Å². The maximum absolute atomic E-state index is 13.1. The second kappa shape index (κ2) is 4.60. The molecule has 1 spiro atoms. The Kier molecular flexibility index (Phi) is 2.86. The maximum Gasteiger partial charge on any atom is 0.223 e. The van der Waals surface area contributed by atoms with E-state index in [2.05, 4.69) is 6.58 Å². The third-order valence-corrected chi connectivity index (χ3v) is 5.84. The third-order valence-electron chi connectivity index (χ3n) is 5.84. The lowest BCUT2D eigenvalue weighted by Crippen LogP contribution is -2.43. The molecule has 2 saturated carbocycles. The molecule has 0 heterocycles. The summed E-state index contributed by atoms with van der Waals surface area (Å²) in [5.41, 5.74) is -0.397. The number of carbonyl (C=O) groups excluding carboxylic acids is 2. The van der Waals surface area contributed by atoms with Crippen LogP contribution in [0, 0.1) is 33.3 Å². The topological polar surface area (TPSA) is 77.3 Å². The van der Waals surface area contributed by atoms with Gasteiger partial charge >= 0.3 is 0 Å². The molecule has 1 aromatic rings. The highest BCUT2D eigenvalue weighted by Gasteiger charge is 2.71. The van der Waals surface area contributed by atoms with Crippen LogP contribution >= 0.6 is 0 Å². The molecule has 3 aliphatic carbocycles. The van der Waals surface area contributed by atoms with Crippen LogP contribution < -0.4 is 0 Å². The first-order valence-corrected chi connectivity index (χ1v) is 7.97. The van der Waals surface area contributed by atoms with Gasteiger partial charge in [0.05, 0.1) is 5.92 Å². The molecular formula is C18H17NO4. The standard InChI is InChI=1S/C18H17NO4/c1-2-10-9-18(14(11-7-8-11)15(10)19(22)23)16(20)12-5-3-4-6-13(12)17(18)21/h2-6,10-11,14-15H,1,7-9H2/t10-,14+,15-/m1/s1. The lowest BCUT2D eigenvalue weighted by Gasteiger charge is -2.27. The van der Waals surface area contributed by atoms with Crippen molar-refractivity contribution in [1.29, 1.82) is 0 Å². The van der Waals surface area contributed by atoms with Crippen molar-refractivity contribution < 1.29 is 14.5 Å². The van der Waals surface area contributed by atoms with Crippen LogP contribution in [0.25, 0.3) is 0 Å². The predicted octanol–water partition coefficient (Wildman–Crippen LogP) is 2.93. The number of nitrogens with zero attached hydrogens (tertiary/aromatic N) is 1. The minimum atomic E-state index is -1.25. The van der Waals surface area contributed by atoms with Crippen LogP contribution in [0.4, 0.5) is 0 Å². The van der Waals surface area contributed by atoms with Gasteiger partial charge in [0.1, 0.15) is 5.41 Å². The van der Waals surface area contributed by atoms with Crippen molar-refractivity contribution in [2.45, 2.75) is 25.3 Å². The molecule has 5 nitrogen and oxygen atoms in total. The summed E-state index contributed by atoms with van der Waals surface area (Å²) < 4.78 is 0. The smallest absolute Gasteiger partial charge is 0.223 e. The fourth-order valence-corrected chi connectivity index (χ4v) is 4.78. The summed E-state index contributed by atoms with van der Waals surface area (Å²) in [6, 6.07) is 5.91. The molecule has 5 heteroatoms. The van der Waals surface area contributed by atoms with Crippen molar-refractivity contribution in [2.75, 3.05) is 0 Å². The van der Waals surface area contributed by atoms with Gasteiger partial charge in [-0.05, 0) is 25.2 Å². The van der Waals surface area contributed by atoms with Gasteiger partial charge in [0, 0.05) is 22.0 Å². The van der Waals surface area contributed by atoms with Gasteiger partial charge in [-0.2, -0.15) is 0 Å². The molecular weight excluding hydrogens is 294 g/mol. The number of carbonyl (C=O) groups is 2. The first-order valence-electron chi connectivity index (χ1n) is 7.97. The number of ketones is 2. The number of hydrogen-bond acceptors (Lipinski definition) is 4. The van der Waals surface area contributed by atoms with Gasteiger partial charge in [0.15, 0.2) is 11.6 Å². The van der Waals surface area contributed by atoms with Crippen molar-refractivity contribution in [3.63, 3.8) is 0 Å². The van der Waals surface area contributed by atoms with E-state index in [0.29, 0.717) is 11.1 Å². The van der Waals surface area contributed by atoms with Crippen LogP contribution in [-0.2, 0) is 0 Å². The molecule has 2 fully saturated rings. The minimum absolute atomic E-state index is 0.0950. The van der Waals surface area contributed by atoms with E-state index in [1.54, 1.807) is 30.3 Å². The van der Waals surface area contributed by atoms with E-state index in [9.17, 15) is 19.7 Å². The highest BCUT2D eigenvalue weighted by atomic mass is 16.6. The van der Waals surface area contributed by atoms with Crippen molar-refractivity contribution in [3.8, 4) is 0 Å². The second-order valence-electron chi connectivity index (χ2n) is 6.92. The number of fused-ring (bicyclic) bond motifs is 1. The average molecular weight is 311 g/mol. The van der Waals surface area contributed by atoms with Crippen molar-refractivity contribution in [3.05, 3.63) is 58.2 Å². The van der Waals surface area contributed by atoms with Crippen molar-refractivity contribution >= 4 is 11.6 Å². The van der Waals surface area contributed by atoms with Gasteiger partial charge < -0.3 is 0 Å². The van der Waals surface area contributed by atoms with E-state index < -0.39 is 23.3 Å². The highest BCUT2D eigenvalue weighted by Crippen LogP contribution is 2.61. The minimum Gasteiger partial charge on any atom is -0.293 e. The second-order valence-corrected chi connectivity index (χ2v) is 6.92. The maximum atomic E-state index is 13.1. The molecule has 3 aliphatic rings.